The van der Waals surface area contributed by atoms with Crippen LogP contribution in [-0.2, 0) is 10.2 Å². The van der Waals surface area contributed by atoms with Crippen molar-refractivity contribution in [1.82, 2.24) is 20.1 Å². The molecule has 6 nitrogen and oxygen atoms in total. The number of aromatic amines is 1. The Balaban J connectivity index is 1.61. The lowest BCUT2D eigenvalue weighted by Gasteiger charge is -2.39. The van der Waals surface area contributed by atoms with E-state index in [2.05, 4.69) is 10.2 Å². The van der Waals surface area contributed by atoms with Crippen LogP contribution in [0.1, 0.15) is 76.4 Å². The van der Waals surface area contributed by atoms with Gasteiger partial charge in [0.2, 0.25) is 6.10 Å². The molecule has 9 heteroatoms. The third-order valence-corrected chi connectivity index (χ3v) is 6.44. The van der Waals surface area contributed by atoms with E-state index in [1.807, 2.05) is 13.8 Å². The van der Waals surface area contributed by atoms with E-state index in [0.717, 1.165) is 29.4 Å². The highest BCUT2D eigenvalue weighted by atomic mass is 19.4. The summed E-state index contributed by atoms with van der Waals surface area (Å²) in [5.41, 5.74) is -0.346. The third kappa shape index (κ3) is 4.34. The number of nitrogens with one attached hydrogen (secondary N) is 1. The van der Waals surface area contributed by atoms with E-state index in [0.29, 0.717) is 18.8 Å². The maximum absolute atomic E-state index is 12.6. The Morgan fingerprint density at radius 2 is 1.75 bits per heavy atom. The minimum atomic E-state index is -4.93. The van der Waals surface area contributed by atoms with Gasteiger partial charge in [0.1, 0.15) is 5.82 Å². The van der Waals surface area contributed by atoms with E-state index in [4.69, 9.17) is 4.98 Å². The fraction of sp³-hybridized carbons (Fsp3) is 0.842. The number of rotatable bonds is 4. The maximum atomic E-state index is 12.6. The van der Waals surface area contributed by atoms with Crippen molar-refractivity contribution in [3.63, 3.8) is 0 Å². The van der Waals surface area contributed by atoms with Crippen molar-refractivity contribution in [3.8, 4) is 0 Å². The van der Waals surface area contributed by atoms with Gasteiger partial charge in [-0.05, 0) is 31.6 Å². The van der Waals surface area contributed by atoms with Gasteiger partial charge in [0.15, 0.2) is 5.82 Å². The van der Waals surface area contributed by atoms with Crippen LogP contribution in [0, 0.1) is 5.92 Å². The van der Waals surface area contributed by atoms with E-state index in [1.165, 1.54) is 19.3 Å². The molecule has 2 fully saturated rings. The summed E-state index contributed by atoms with van der Waals surface area (Å²) in [5, 5.41) is 16.7. The maximum Gasteiger partial charge on any atom is 0.423 e. The summed E-state index contributed by atoms with van der Waals surface area (Å²) in [6.45, 7) is 4.49. The van der Waals surface area contributed by atoms with Crippen LogP contribution in [0.25, 0.3) is 0 Å². The van der Waals surface area contributed by atoms with E-state index in [1.54, 1.807) is 0 Å². The standard InChI is InChI=1S/C19H29F3N4O2/c1-18(2,17-23-15(24-25-17)12-6-4-3-5-7-12)13-8-10-26(11-9-13)16(28)14(27)19(20,21)22/h12-14,27H,3-11H2,1-2H3,(H,23,24,25). The van der Waals surface area contributed by atoms with Gasteiger partial charge in [-0.25, -0.2) is 4.98 Å². The van der Waals surface area contributed by atoms with Gasteiger partial charge in [-0.3, -0.25) is 9.89 Å². The highest BCUT2D eigenvalue weighted by Crippen LogP contribution is 2.38. The van der Waals surface area contributed by atoms with Gasteiger partial charge in [0.25, 0.3) is 5.91 Å². The fourth-order valence-electron chi connectivity index (χ4n) is 4.44. The fourth-order valence-corrected chi connectivity index (χ4v) is 4.44. The number of aliphatic hydroxyl groups excluding tert-OH is 1. The minimum absolute atomic E-state index is 0.148. The number of halogens is 3. The summed E-state index contributed by atoms with van der Waals surface area (Å²) in [6, 6.07) is 0. The monoisotopic (exact) mass is 402 g/mol. The molecule has 1 aromatic rings. The predicted octanol–water partition coefficient (Wildman–Crippen LogP) is 3.29. The molecule has 0 aromatic carbocycles. The molecule has 1 unspecified atom stereocenters. The van der Waals surface area contributed by atoms with Gasteiger partial charge in [-0.1, -0.05) is 33.1 Å². The molecular formula is C19H29F3N4O2. The Bertz CT molecular complexity index is 675. The molecule has 1 aliphatic heterocycles. The molecule has 1 amide bonds. The molecular weight excluding hydrogens is 373 g/mol. The molecule has 1 saturated carbocycles. The van der Waals surface area contributed by atoms with Crippen molar-refractivity contribution in [2.45, 2.75) is 82.4 Å². The average molecular weight is 402 g/mol. The molecule has 1 aromatic heterocycles. The van der Waals surface area contributed by atoms with E-state index < -0.39 is 18.2 Å². The first-order chi connectivity index (χ1) is 13.1. The summed E-state index contributed by atoms with van der Waals surface area (Å²) >= 11 is 0. The summed E-state index contributed by atoms with van der Waals surface area (Å²) in [7, 11) is 0. The quantitative estimate of drug-likeness (QED) is 0.810. The van der Waals surface area contributed by atoms with Crippen LogP contribution < -0.4 is 0 Å². The molecule has 1 atom stereocenters. The van der Waals surface area contributed by atoms with Crippen LogP contribution in [0.15, 0.2) is 0 Å². The molecule has 3 rings (SSSR count). The van der Waals surface area contributed by atoms with Crippen LogP contribution in [0.2, 0.25) is 0 Å². The summed E-state index contributed by atoms with van der Waals surface area (Å²) in [5.74, 6) is 0.974. The molecule has 1 saturated heterocycles. The number of carbonyl (C=O) groups excluding carboxylic acids is 1. The van der Waals surface area contributed by atoms with Crippen molar-refractivity contribution in [2.75, 3.05) is 13.1 Å². The third-order valence-electron chi connectivity index (χ3n) is 6.44. The van der Waals surface area contributed by atoms with Gasteiger partial charge in [-0.15, -0.1) is 0 Å². The number of likely N-dealkylation sites (tertiary alicyclic amines) is 1. The van der Waals surface area contributed by atoms with Gasteiger partial charge in [0, 0.05) is 24.4 Å². The molecule has 2 aliphatic rings. The van der Waals surface area contributed by atoms with Crippen LogP contribution in [0.3, 0.4) is 0 Å². The smallest absolute Gasteiger partial charge is 0.376 e. The molecule has 0 radical (unpaired) electrons. The van der Waals surface area contributed by atoms with Crippen molar-refractivity contribution in [1.29, 1.82) is 0 Å². The van der Waals surface area contributed by atoms with Crippen LogP contribution >= 0.6 is 0 Å². The van der Waals surface area contributed by atoms with E-state index >= 15 is 0 Å². The van der Waals surface area contributed by atoms with Crippen LogP contribution in [-0.4, -0.2) is 56.5 Å². The summed E-state index contributed by atoms with van der Waals surface area (Å²) in [4.78, 5) is 17.7. The highest BCUT2D eigenvalue weighted by molar-refractivity contribution is 5.81. The lowest BCUT2D eigenvalue weighted by molar-refractivity contribution is -0.211. The number of H-pyrrole nitrogens is 1. The number of hydrogen-bond acceptors (Lipinski definition) is 4. The molecule has 0 bridgehead atoms. The first-order valence-electron chi connectivity index (χ1n) is 10.1. The zero-order chi connectivity index (χ0) is 20.5. The van der Waals surface area contributed by atoms with Crippen molar-refractivity contribution in [3.05, 3.63) is 11.6 Å². The van der Waals surface area contributed by atoms with Crippen molar-refractivity contribution in [2.24, 2.45) is 5.92 Å². The number of carbonyl (C=O) groups is 1. The van der Waals surface area contributed by atoms with E-state index in [9.17, 15) is 23.1 Å². The number of amides is 1. The predicted molar refractivity (Wildman–Crippen MR) is 96.6 cm³/mol. The number of nitrogens with zero attached hydrogens (tertiary/aromatic N) is 3. The highest BCUT2D eigenvalue weighted by Gasteiger charge is 2.46. The lowest BCUT2D eigenvalue weighted by atomic mass is 9.73. The molecule has 158 valence electrons. The van der Waals surface area contributed by atoms with Crippen LogP contribution in [0.5, 0.6) is 0 Å². The van der Waals surface area contributed by atoms with E-state index in [-0.39, 0.29) is 24.4 Å². The Morgan fingerprint density at radius 1 is 1.14 bits per heavy atom. The lowest BCUT2D eigenvalue weighted by Crippen LogP contribution is -2.50. The van der Waals surface area contributed by atoms with Gasteiger partial charge >= 0.3 is 6.18 Å². The number of piperidine rings is 1. The van der Waals surface area contributed by atoms with Gasteiger partial charge < -0.3 is 10.0 Å². The van der Waals surface area contributed by atoms with Crippen LogP contribution in [0.4, 0.5) is 13.2 Å². The molecule has 2 N–H and O–H groups in total. The summed E-state index contributed by atoms with van der Waals surface area (Å²) < 4.78 is 37.7. The normalized spacial score (nSPS) is 21.7. The second-order valence-corrected chi connectivity index (χ2v) is 8.64. The second kappa shape index (κ2) is 8.00. The topological polar surface area (TPSA) is 82.1 Å². The Kier molecular flexibility index (Phi) is 6.03. The van der Waals surface area contributed by atoms with Gasteiger partial charge in [0.05, 0.1) is 0 Å². The SMILES string of the molecule is CC(C)(c1n[nH]c(C2CCCCC2)n1)C1CCN(C(=O)C(O)C(F)(F)F)CC1. The van der Waals surface area contributed by atoms with Crippen molar-refractivity contribution < 1.29 is 23.1 Å². The minimum Gasteiger partial charge on any atom is -0.376 e. The Hall–Kier alpha value is -1.64. The number of hydrogen-bond donors (Lipinski definition) is 2. The largest absolute Gasteiger partial charge is 0.423 e. The zero-order valence-electron chi connectivity index (χ0n) is 16.4. The summed E-state index contributed by atoms with van der Waals surface area (Å²) in [6.07, 6.45) is -0.837. The first kappa shape index (κ1) is 21.1. The van der Waals surface area contributed by atoms with Gasteiger partial charge in [-0.2, -0.15) is 18.3 Å². The Morgan fingerprint density at radius 3 is 2.32 bits per heavy atom. The average Bonchev–Trinajstić information content (AvgIpc) is 3.18. The second-order valence-electron chi connectivity index (χ2n) is 8.64. The first-order valence-corrected chi connectivity index (χ1v) is 10.1. The molecule has 0 spiro atoms. The number of aromatic nitrogens is 3. The van der Waals surface area contributed by atoms with Crippen molar-refractivity contribution >= 4 is 5.91 Å². The molecule has 28 heavy (non-hydrogen) atoms. The Labute approximate surface area is 162 Å². The number of alkyl halides is 3. The zero-order valence-corrected chi connectivity index (χ0v) is 16.4. The number of aliphatic hydroxyl groups is 1. The molecule has 2 heterocycles. The molecule has 1 aliphatic carbocycles.